The second-order valence-corrected chi connectivity index (χ2v) is 2.80. The minimum absolute atomic E-state index is 0.0703. The van der Waals surface area contributed by atoms with Crippen molar-refractivity contribution in [3.05, 3.63) is 12.3 Å². The van der Waals surface area contributed by atoms with Crippen LogP contribution in [0, 0.1) is 0 Å². The van der Waals surface area contributed by atoms with E-state index in [2.05, 4.69) is 0 Å². The standard InChI is InChI=1S/C7H10N2O/c8-6-5-3-1-2-4-9(5)7(6)10/h2,4-6H,1,3,8H2/t5-,6?/m1/s1. The maximum atomic E-state index is 10.9. The van der Waals surface area contributed by atoms with Gasteiger partial charge in [-0.25, -0.2) is 0 Å². The van der Waals surface area contributed by atoms with Crippen molar-refractivity contribution in [1.29, 1.82) is 0 Å². The van der Waals surface area contributed by atoms with Crippen LogP contribution < -0.4 is 5.73 Å². The maximum absolute atomic E-state index is 10.9. The molecule has 3 heteroatoms. The molecule has 0 bridgehead atoms. The van der Waals surface area contributed by atoms with Crippen LogP contribution in [-0.2, 0) is 4.79 Å². The van der Waals surface area contributed by atoms with Crippen LogP contribution in [-0.4, -0.2) is 22.9 Å². The third kappa shape index (κ3) is 0.555. The van der Waals surface area contributed by atoms with Crippen LogP contribution in [0.15, 0.2) is 12.3 Å². The zero-order valence-electron chi connectivity index (χ0n) is 5.66. The van der Waals surface area contributed by atoms with E-state index in [0.29, 0.717) is 6.04 Å². The predicted octanol–water partition coefficient (Wildman–Crippen LogP) is -0.168. The number of hydrogen-bond donors (Lipinski definition) is 1. The molecule has 2 heterocycles. The van der Waals surface area contributed by atoms with Gasteiger partial charge in [-0.2, -0.15) is 0 Å². The second-order valence-electron chi connectivity index (χ2n) is 2.80. The monoisotopic (exact) mass is 138 g/mol. The van der Waals surface area contributed by atoms with E-state index in [0.717, 1.165) is 12.8 Å². The maximum Gasteiger partial charge on any atom is 0.245 e. The summed E-state index contributed by atoms with van der Waals surface area (Å²) >= 11 is 0. The van der Waals surface area contributed by atoms with Crippen LogP contribution >= 0.6 is 0 Å². The lowest BCUT2D eigenvalue weighted by molar-refractivity contribution is -0.145. The van der Waals surface area contributed by atoms with Crippen LogP contribution in [0.3, 0.4) is 0 Å². The first-order chi connectivity index (χ1) is 4.80. The summed E-state index contributed by atoms with van der Waals surface area (Å²) in [6.45, 7) is 0. The Morgan fingerprint density at radius 2 is 2.50 bits per heavy atom. The molecule has 0 spiro atoms. The number of amides is 1. The highest BCUT2D eigenvalue weighted by atomic mass is 16.2. The molecule has 2 aliphatic heterocycles. The third-order valence-corrected chi connectivity index (χ3v) is 2.21. The van der Waals surface area contributed by atoms with E-state index in [1.807, 2.05) is 12.3 Å². The molecule has 0 aliphatic carbocycles. The molecular formula is C7H10N2O. The van der Waals surface area contributed by atoms with Gasteiger partial charge in [-0.1, -0.05) is 6.08 Å². The normalized spacial score (nSPS) is 37.3. The Bertz CT molecular complexity index is 200. The molecule has 2 aliphatic rings. The van der Waals surface area contributed by atoms with E-state index < -0.39 is 0 Å². The van der Waals surface area contributed by atoms with Gasteiger partial charge in [0.25, 0.3) is 0 Å². The largest absolute Gasteiger partial charge is 0.318 e. The van der Waals surface area contributed by atoms with Crippen molar-refractivity contribution < 1.29 is 4.79 Å². The second kappa shape index (κ2) is 1.83. The minimum atomic E-state index is -0.218. The van der Waals surface area contributed by atoms with Gasteiger partial charge in [-0.15, -0.1) is 0 Å². The number of fused-ring (bicyclic) bond motifs is 1. The van der Waals surface area contributed by atoms with E-state index in [-0.39, 0.29) is 11.9 Å². The van der Waals surface area contributed by atoms with Crippen molar-refractivity contribution in [3.8, 4) is 0 Å². The molecule has 2 N–H and O–H groups in total. The molecule has 0 aromatic carbocycles. The lowest BCUT2D eigenvalue weighted by Crippen LogP contribution is -2.66. The molecule has 2 atom stereocenters. The Hall–Kier alpha value is -0.830. The summed E-state index contributed by atoms with van der Waals surface area (Å²) in [4.78, 5) is 12.7. The summed E-state index contributed by atoms with van der Waals surface area (Å²) in [5.74, 6) is 0.0703. The summed E-state index contributed by atoms with van der Waals surface area (Å²) < 4.78 is 0. The average molecular weight is 138 g/mol. The van der Waals surface area contributed by atoms with Gasteiger partial charge >= 0.3 is 0 Å². The molecule has 1 unspecified atom stereocenters. The minimum Gasteiger partial charge on any atom is -0.318 e. The molecule has 1 amide bonds. The molecule has 0 radical (unpaired) electrons. The lowest BCUT2D eigenvalue weighted by Gasteiger charge is -2.45. The van der Waals surface area contributed by atoms with E-state index >= 15 is 0 Å². The highest BCUT2D eigenvalue weighted by molar-refractivity contribution is 5.90. The van der Waals surface area contributed by atoms with Gasteiger partial charge in [0.15, 0.2) is 0 Å². The zero-order chi connectivity index (χ0) is 7.14. The number of allylic oxidation sites excluding steroid dienone is 1. The molecule has 0 saturated carbocycles. The van der Waals surface area contributed by atoms with Crippen molar-refractivity contribution in [1.82, 2.24) is 4.90 Å². The summed E-state index contributed by atoms with van der Waals surface area (Å²) in [5.41, 5.74) is 5.55. The van der Waals surface area contributed by atoms with Crippen LogP contribution in [0.5, 0.6) is 0 Å². The smallest absolute Gasteiger partial charge is 0.245 e. The van der Waals surface area contributed by atoms with Crippen molar-refractivity contribution in [2.24, 2.45) is 5.73 Å². The van der Waals surface area contributed by atoms with Gasteiger partial charge in [0.05, 0.1) is 6.04 Å². The Morgan fingerprint density at radius 1 is 1.70 bits per heavy atom. The summed E-state index contributed by atoms with van der Waals surface area (Å²) in [6.07, 6.45) is 5.95. The number of rotatable bonds is 0. The predicted molar refractivity (Wildman–Crippen MR) is 37.0 cm³/mol. The molecule has 10 heavy (non-hydrogen) atoms. The van der Waals surface area contributed by atoms with Gasteiger partial charge < -0.3 is 10.6 Å². The summed E-state index contributed by atoms with van der Waals surface area (Å²) in [5, 5.41) is 0. The van der Waals surface area contributed by atoms with Gasteiger partial charge in [0, 0.05) is 6.20 Å². The van der Waals surface area contributed by atoms with Crippen LogP contribution in [0.25, 0.3) is 0 Å². The van der Waals surface area contributed by atoms with Crippen LogP contribution in [0.2, 0.25) is 0 Å². The molecule has 0 aromatic heterocycles. The Morgan fingerprint density at radius 3 is 3.20 bits per heavy atom. The van der Waals surface area contributed by atoms with Crippen LogP contribution in [0.1, 0.15) is 12.8 Å². The van der Waals surface area contributed by atoms with Crippen molar-refractivity contribution >= 4 is 5.91 Å². The molecular weight excluding hydrogens is 128 g/mol. The molecule has 1 fully saturated rings. The summed E-state index contributed by atoms with van der Waals surface area (Å²) in [6, 6.07) is 0.0856. The van der Waals surface area contributed by atoms with E-state index in [4.69, 9.17) is 5.73 Å². The van der Waals surface area contributed by atoms with Gasteiger partial charge in [0.2, 0.25) is 5.91 Å². The van der Waals surface area contributed by atoms with Gasteiger partial charge in [-0.05, 0) is 12.8 Å². The number of nitrogens with zero attached hydrogens (tertiary/aromatic N) is 1. The number of carbonyl (C=O) groups is 1. The van der Waals surface area contributed by atoms with Crippen LogP contribution in [0.4, 0.5) is 0 Å². The van der Waals surface area contributed by atoms with Gasteiger partial charge in [-0.3, -0.25) is 4.79 Å². The number of nitrogens with two attached hydrogens (primary N) is 1. The molecule has 1 saturated heterocycles. The Balaban J connectivity index is 2.18. The highest BCUT2D eigenvalue weighted by Gasteiger charge is 2.43. The molecule has 0 aromatic rings. The lowest BCUT2D eigenvalue weighted by atomic mass is 9.90. The third-order valence-electron chi connectivity index (χ3n) is 2.21. The number of carbonyl (C=O) groups excluding carboxylic acids is 1. The highest BCUT2D eigenvalue weighted by Crippen LogP contribution is 2.26. The number of hydrogen-bond acceptors (Lipinski definition) is 2. The van der Waals surface area contributed by atoms with E-state index in [9.17, 15) is 4.79 Å². The first kappa shape index (κ1) is 5.92. The fourth-order valence-corrected chi connectivity index (χ4v) is 1.55. The van der Waals surface area contributed by atoms with Crippen molar-refractivity contribution in [3.63, 3.8) is 0 Å². The van der Waals surface area contributed by atoms with Gasteiger partial charge in [0.1, 0.15) is 6.04 Å². The van der Waals surface area contributed by atoms with E-state index in [1.165, 1.54) is 0 Å². The Kier molecular flexibility index (Phi) is 1.08. The molecule has 3 nitrogen and oxygen atoms in total. The fourth-order valence-electron chi connectivity index (χ4n) is 1.55. The zero-order valence-corrected chi connectivity index (χ0v) is 5.66. The SMILES string of the molecule is NC1C(=O)N2C=CCC[C@H]12. The fraction of sp³-hybridized carbons (Fsp3) is 0.571. The molecule has 54 valence electrons. The quantitative estimate of drug-likeness (QED) is 0.472. The first-order valence-electron chi connectivity index (χ1n) is 3.55. The number of β-lactam (4-membered cyclic amide) rings is 1. The topological polar surface area (TPSA) is 46.3 Å². The van der Waals surface area contributed by atoms with E-state index in [1.54, 1.807) is 4.90 Å². The molecule has 2 rings (SSSR count). The first-order valence-corrected chi connectivity index (χ1v) is 3.55. The van der Waals surface area contributed by atoms with Crippen molar-refractivity contribution in [2.75, 3.05) is 0 Å². The average Bonchev–Trinajstić information content (AvgIpc) is 2.03. The van der Waals surface area contributed by atoms with Crippen molar-refractivity contribution in [2.45, 2.75) is 24.9 Å². The summed E-state index contributed by atoms with van der Waals surface area (Å²) in [7, 11) is 0. The Labute approximate surface area is 59.5 Å².